The van der Waals surface area contributed by atoms with E-state index in [1.54, 1.807) is 0 Å². The van der Waals surface area contributed by atoms with Gasteiger partial charge in [-0.25, -0.2) is 0 Å². The number of rotatable bonds is 5. The standard InChI is InChI=1S/C24H30N2O3/c1-18(2)26(20-8-4-3-5-9-20)24(27)17-25-13-6-10-21(25)19-11-12-22-23(16-19)29-15-7-14-28-22/h3-5,8-9,11-12,16,18,21H,6-7,10,13-15,17H2,1-2H3. The van der Waals surface area contributed by atoms with E-state index < -0.39 is 0 Å². The number of amides is 1. The maximum Gasteiger partial charge on any atom is 0.241 e. The van der Waals surface area contributed by atoms with Crippen molar-refractivity contribution in [2.45, 2.75) is 45.2 Å². The fourth-order valence-electron chi connectivity index (χ4n) is 4.35. The Morgan fingerprint density at radius 3 is 2.59 bits per heavy atom. The molecule has 0 aliphatic carbocycles. The van der Waals surface area contributed by atoms with Crippen LogP contribution in [0.5, 0.6) is 11.5 Å². The Balaban J connectivity index is 1.51. The van der Waals surface area contributed by atoms with Crippen LogP contribution in [0, 0.1) is 0 Å². The van der Waals surface area contributed by atoms with Gasteiger partial charge < -0.3 is 14.4 Å². The molecule has 2 aromatic carbocycles. The molecule has 5 nitrogen and oxygen atoms in total. The topological polar surface area (TPSA) is 42.0 Å². The van der Waals surface area contributed by atoms with Gasteiger partial charge in [-0.3, -0.25) is 9.69 Å². The zero-order valence-electron chi connectivity index (χ0n) is 17.3. The molecular formula is C24H30N2O3. The Morgan fingerprint density at radius 1 is 1.07 bits per heavy atom. The molecule has 0 saturated carbocycles. The summed E-state index contributed by atoms with van der Waals surface area (Å²) >= 11 is 0. The van der Waals surface area contributed by atoms with Crippen LogP contribution in [0.15, 0.2) is 48.5 Å². The van der Waals surface area contributed by atoms with Crippen LogP contribution in [0.3, 0.4) is 0 Å². The first-order valence-electron chi connectivity index (χ1n) is 10.6. The summed E-state index contributed by atoms with van der Waals surface area (Å²) in [6, 6.07) is 16.5. The van der Waals surface area contributed by atoms with E-state index in [1.165, 1.54) is 5.56 Å². The maximum absolute atomic E-state index is 13.2. The Labute approximate surface area is 173 Å². The van der Waals surface area contributed by atoms with Gasteiger partial charge in [0.1, 0.15) is 0 Å². The van der Waals surface area contributed by atoms with Crippen molar-refractivity contribution in [2.24, 2.45) is 0 Å². The summed E-state index contributed by atoms with van der Waals surface area (Å²) in [4.78, 5) is 17.4. The van der Waals surface area contributed by atoms with Crippen LogP contribution in [0.4, 0.5) is 5.69 Å². The van der Waals surface area contributed by atoms with Crippen LogP contribution < -0.4 is 14.4 Å². The van der Waals surface area contributed by atoms with Gasteiger partial charge in [0.15, 0.2) is 11.5 Å². The lowest BCUT2D eigenvalue weighted by Gasteiger charge is -2.31. The lowest BCUT2D eigenvalue weighted by Crippen LogP contribution is -2.43. The highest BCUT2D eigenvalue weighted by atomic mass is 16.5. The van der Waals surface area contributed by atoms with Gasteiger partial charge >= 0.3 is 0 Å². The van der Waals surface area contributed by atoms with Crippen LogP contribution in [-0.4, -0.2) is 43.2 Å². The van der Waals surface area contributed by atoms with Gasteiger partial charge in [-0.15, -0.1) is 0 Å². The van der Waals surface area contributed by atoms with Crippen molar-refractivity contribution >= 4 is 11.6 Å². The SMILES string of the molecule is CC(C)N(C(=O)CN1CCCC1c1ccc2c(c1)OCCCO2)c1ccccc1. The number of anilines is 1. The van der Waals surface area contributed by atoms with E-state index in [9.17, 15) is 4.79 Å². The van der Waals surface area contributed by atoms with Crippen molar-refractivity contribution in [1.29, 1.82) is 0 Å². The Bertz CT molecular complexity index is 837. The van der Waals surface area contributed by atoms with E-state index in [-0.39, 0.29) is 18.0 Å². The molecule has 2 aliphatic rings. The molecule has 5 heteroatoms. The second-order valence-corrected chi connectivity index (χ2v) is 8.08. The first-order valence-corrected chi connectivity index (χ1v) is 10.6. The zero-order chi connectivity index (χ0) is 20.2. The normalized spacial score (nSPS) is 19.2. The van der Waals surface area contributed by atoms with Gasteiger partial charge in [-0.1, -0.05) is 24.3 Å². The van der Waals surface area contributed by atoms with Crippen LogP contribution >= 0.6 is 0 Å². The minimum absolute atomic E-state index is 0.115. The fraction of sp³-hybridized carbons (Fsp3) is 0.458. The molecule has 0 aromatic heterocycles. The summed E-state index contributed by atoms with van der Waals surface area (Å²) in [5.41, 5.74) is 2.16. The van der Waals surface area contributed by atoms with Gasteiger partial charge in [0, 0.05) is 24.2 Å². The van der Waals surface area contributed by atoms with E-state index >= 15 is 0 Å². The summed E-state index contributed by atoms with van der Waals surface area (Å²) < 4.78 is 11.6. The maximum atomic E-state index is 13.2. The second kappa shape index (κ2) is 8.87. The molecule has 0 radical (unpaired) electrons. The number of hydrogen-bond donors (Lipinski definition) is 0. The Hall–Kier alpha value is -2.53. The van der Waals surface area contributed by atoms with Crippen molar-refractivity contribution in [3.63, 3.8) is 0 Å². The molecule has 1 atom stereocenters. The van der Waals surface area contributed by atoms with Crippen LogP contribution in [0.25, 0.3) is 0 Å². The van der Waals surface area contributed by atoms with Crippen molar-refractivity contribution in [3.05, 3.63) is 54.1 Å². The predicted octanol–water partition coefficient (Wildman–Crippen LogP) is 4.43. The lowest BCUT2D eigenvalue weighted by molar-refractivity contribution is -0.120. The first-order chi connectivity index (χ1) is 14.1. The number of para-hydroxylation sites is 1. The van der Waals surface area contributed by atoms with Gasteiger partial charge in [0.05, 0.1) is 19.8 Å². The molecule has 0 N–H and O–H groups in total. The summed E-state index contributed by atoms with van der Waals surface area (Å²) in [6.07, 6.45) is 3.05. The largest absolute Gasteiger partial charge is 0.490 e. The number of carbonyl (C=O) groups is 1. The number of likely N-dealkylation sites (tertiary alicyclic amines) is 1. The number of benzene rings is 2. The number of fused-ring (bicyclic) bond motifs is 1. The second-order valence-electron chi connectivity index (χ2n) is 8.08. The highest BCUT2D eigenvalue weighted by Crippen LogP contribution is 2.38. The summed E-state index contributed by atoms with van der Waals surface area (Å²) in [6.45, 7) is 6.87. The molecule has 1 unspecified atom stereocenters. The molecule has 154 valence electrons. The highest BCUT2D eigenvalue weighted by molar-refractivity contribution is 5.95. The minimum Gasteiger partial charge on any atom is -0.490 e. The van der Waals surface area contributed by atoms with E-state index in [0.717, 1.165) is 43.0 Å². The van der Waals surface area contributed by atoms with Crippen molar-refractivity contribution in [1.82, 2.24) is 4.90 Å². The quantitative estimate of drug-likeness (QED) is 0.753. The number of ether oxygens (including phenoxy) is 2. The van der Waals surface area contributed by atoms with Crippen LogP contribution in [0.2, 0.25) is 0 Å². The first kappa shape index (κ1) is 19.8. The highest BCUT2D eigenvalue weighted by Gasteiger charge is 2.31. The van der Waals surface area contributed by atoms with E-state index in [4.69, 9.17) is 9.47 Å². The van der Waals surface area contributed by atoms with E-state index in [2.05, 4.69) is 30.9 Å². The van der Waals surface area contributed by atoms with Gasteiger partial charge in [-0.2, -0.15) is 0 Å². The number of nitrogens with zero attached hydrogens (tertiary/aromatic N) is 2. The summed E-state index contributed by atoms with van der Waals surface area (Å²) in [7, 11) is 0. The third-order valence-electron chi connectivity index (χ3n) is 5.68. The number of hydrogen-bond acceptors (Lipinski definition) is 4. The molecule has 29 heavy (non-hydrogen) atoms. The predicted molar refractivity (Wildman–Crippen MR) is 115 cm³/mol. The molecule has 1 saturated heterocycles. The molecular weight excluding hydrogens is 364 g/mol. The third kappa shape index (κ3) is 4.40. The van der Waals surface area contributed by atoms with Crippen molar-refractivity contribution in [3.8, 4) is 11.5 Å². The lowest BCUT2D eigenvalue weighted by atomic mass is 10.0. The average Bonchev–Trinajstić information content (AvgIpc) is 3.04. The minimum atomic E-state index is 0.115. The Kier molecular flexibility index (Phi) is 6.05. The third-order valence-corrected chi connectivity index (χ3v) is 5.68. The summed E-state index contributed by atoms with van der Waals surface area (Å²) in [5.74, 6) is 1.79. The van der Waals surface area contributed by atoms with Gasteiger partial charge in [0.2, 0.25) is 5.91 Å². The monoisotopic (exact) mass is 394 g/mol. The molecule has 2 aromatic rings. The van der Waals surface area contributed by atoms with Crippen molar-refractivity contribution < 1.29 is 14.3 Å². The van der Waals surface area contributed by atoms with Gasteiger partial charge in [0.25, 0.3) is 0 Å². The zero-order valence-corrected chi connectivity index (χ0v) is 17.3. The molecule has 2 heterocycles. The molecule has 0 bridgehead atoms. The van der Waals surface area contributed by atoms with E-state index in [0.29, 0.717) is 19.8 Å². The summed E-state index contributed by atoms with van der Waals surface area (Å²) in [5, 5.41) is 0. The smallest absolute Gasteiger partial charge is 0.241 e. The molecule has 0 spiro atoms. The number of carbonyl (C=O) groups excluding carboxylic acids is 1. The van der Waals surface area contributed by atoms with Gasteiger partial charge in [-0.05, 0) is 63.1 Å². The average molecular weight is 395 g/mol. The van der Waals surface area contributed by atoms with Crippen LogP contribution in [-0.2, 0) is 4.79 Å². The van der Waals surface area contributed by atoms with Crippen molar-refractivity contribution in [2.75, 3.05) is 31.2 Å². The van der Waals surface area contributed by atoms with E-state index in [1.807, 2.05) is 41.3 Å². The molecule has 4 rings (SSSR count). The molecule has 1 fully saturated rings. The fourth-order valence-corrected chi connectivity index (χ4v) is 4.35. The molecule has 2 aliphatic heterocycles. The van der Waals surface area contributed by atoms with Crippen LogP contribution in [0.1, 0.15) is 44.7 Å². The molecule has 1 amide bonds. The Morgan fingerprint density at radius 2 is 1.83 bits per heavy atom.